The van der Waals surface area contributed by atoms with Gasteiger partial charge in [0.25, 0.3) is 0 Å². The first kappa shape index (κ1) is 14.2. The molecule has 0 aliphatic heterocycles. The molecule has 0 bridgehead atoms. The number of nitrogens with zero attached hydrogens (tertiary/aromatic N) is 3. The molecule has 1 aromatic carbocycles. The smallest absolute Gasteiger partial charge is 0.0990 e. The standard InChI is InChI=1S/C12H16Cl2N3/c1-17(2,3)7-6-15-9-16-10-4-5-11(13)12(14)8-10/h4-5,8H,6-7H2,1-3H3/q+1. The van der Waals surface area contributed by atoms with Crippen molar-refractivity contribution in [1.29, 1.82) is 0 Å². The van der Waals surface area contributed by atoms with E-state index in [-0.39, 0.29) is 0 Å². The molecule has 0 amide bonds. The Hall–Kier alpha value is -0.860. The maximum atomic E-state index is 5.86. The van der Waals surface area contributed by atoms with Crippen LogP contribution in [-0.4, -0.2) is 44.7 Å². The van der Waals surface area contributed by atoms with Gasteiger partial charge in [-0.1, -0.05) is 23.2 Å². The highest BCUT2D eigenvalue weighted by atomic mass is 35.5. The molecule has 0 atom stereocenters. The first-order chi connectivity index (χ1) is 7.88. The highest BCUT2D eigenvalue weighted by molar-refractivity contribution is 6.42. The van der Waals surface area contributed by atoms with E-state index >= 15 is 0 Å². The maximum absolute atomic E-state index is 5.86. The molecular weight excluding hydrogens is 257 g/mol. The van der Waals surface area contributed by atoms with Gasteiger partial charge in [-0.3, -0.25) is 0 Å². The van der Waals surface area contributed by atoms with Crippen molar-refractivity contribution in [3.05, 3.63) is 28.2 Å². The van der Waals surface area contributed by atoms with Gasteiger partial charge in [0.1, 0.15) is 0 Å². The number of quaternary nitrogens is 1. The van der Waals surface area contributed by atoms with Crippen LogP contribution in [0.2, 0.25) is 10.0 Å². The lowest BCUT2D eigenvalue weighted by Crippen LogP contribution is -2.36. The number of hydrogen-bond acceptors (Lipinski definition) is 2. The second kappa shape index (κ2) is 6.18. The average Bonchev–Trinajstić information content (AvgIpc) is 2.21. The lowest BCUT2D eigenvalue weighted by molar-refractivity contribution is -0.868. The van der Waals surface area contributed by atoms with Crippen molar-refractivity contribution in [2.75, 3.05) is 34.2 Å². The van der Waals surface area contributed by atoms with Crippen LogP contribution in [0.1, 0.15) is 0 Å². The normalized spacial score (nSPS) is 10.9. The van der Waals surface area contributed by atoms with Gasteiger partial charge in [0, 0.05) is 0 Å². The predicted octanol–water partition coefficient (Wildman–Crippen LogP) is 3.51. The van der Waals surface area contributed by atoms with Crippen molar-refractivity contribution in [3.63, 3.8) is 0 Å². The lowest BCUT2D eigenvalue weighted by Gasteiger charge is -2.22. The third kappa shape index (κ3) is 5.85. The Morgan fingerprint density at radius 2 is 1.88 bits per heavy atom. The molecule has 5 heteroatoms. The summed E-state index contributed by atoms with van der Waals surface area (Å²) >= 11 is 11.7. The SMILES string of the molecule is C[N+](C)(C)CCN=C=Nc1ccc(Cl)c(Cl)c1. The van der Waals surface area contributed by atoms with E-state index in [4.69, 9.17) is 23.2 Å². The maximum Gasteiger partial charge on any atom is 0.0990 e. The van der Waals surface area contributed by atoms with Crippen LogP contribution in [-0.2, 0) is 0 Å². The van der Waals surface area contributed by atoms with Crippen molar-refractivity contribution in [1.82, 2.24) is 0 Å². The van der Waals surface area contributed by atoms with Crippen molar-refractivity contribution >= 4 is 34.9 Å². The average molecular weight is 273 g/mol. The Morgan fingerprint density at radius 1 is 1.18 bits per heavy atom. The van der Waals surface area contributed by atoms with Gasteiger partial charge in [0.05, 0.1) is 56.0 Å². The van der Waals surface area contributed by atoms with E-state index in [1.807, 2.05) is 0 Å². The van der Waals surface area contributed by atoms with E-state index in [1.165, 1.54) is 0 Å². The fourth-order valence-corrected chi connectivity index (χ4v) is 1.34. The fraction of sp³-hybridized carbons (Fsp3) is 0.417. The molecule has 0 fully saturated rings. The number of hydrogen-bond donors (Lipinski definition) is 0. The first-order valence-electron chi connectivity index (χ1n) is 5.26. The van der Waals surface area contributed by atoms with E-state index in [1.54, 1.807) is 18.2 Å². The van der Waals surface area contributed by atoms with Crippen molar-refractivity contribution in [2.24, 2.45) is 9.98 Å². The molecule has 0 N–H and O–H groups in total. The van der Waals surface area contributed by atoms with Gasteiger partial charge in [-0.25, -0.2) is 4.99 Å². The van der Waals surface area contributed by atoms with E-state index in [0.717, 1.165) is 11.0 Å². The number of benzene rings is 1. The molecule has 3 nitrogen and oxygen atoms in total. The zero-order chi connectivity index (χ0) is 12.9. The van der Waals surface area contributed by atoms with Gasteiger partial charge < -0.3 is 4.48 Å². The molecule has 0 heterocycles. The molecule has 0 aromatic heterocycles. The summed E-state index contributed by atoms with van der Waals surface area (Å²) in [5, 5.41) is 1.01. The van der Waals surface area contributed by atoms with Gasteiger partial charge in [-0.2, -0.15) is 4.99 Å². The molecule has 0 spiro atoms. The monoisotopic (exact) mass is 272 g/mol. The molecule has 0 radical (unpaired) electrons. The van der Waals surface area contributed by atoms with Crippen LogP contribution < -0.4 is 0 Å². The van der Waals surface area contributed by atoms with Gasteiger partial charge in [-0.05, 0) is 18.2 Å². The molecule has 17 heavy (non-hydrogen) atoms. The highest BCUT2D eigenvalue weighted by Gasteiger charge is 2.03. The second-order valence-corrected chi connectivity index (χ2v) is 5.52. The van der Waals surface area contributed by atoms with Gasteiger partial charge in [-0.15, -0.1) is 0 Å². The van der Waals surface area contributed by atoms with E-state index in [0.29, 0.717) is 22.3 Å². The third-order valence-electron chi connectivity index (χ3n) is 2.04. The van der Waals surface area contributed by atoms with E-state index in [2.05, 4.69) is 37.1 Å². The molecule has 1 rings (SSSR count). The molecule has 92 valence electrons. The Morgan fingerprint density at radius 3 is 2.47 bits per heavy atom. The summed E-state index contributed by atoms with van der Waals surface area (Å²) in [5.41, 5.74) is 0.702. The summed E-state index contributed by atoms with van der Waals surface area (Å²) in [5.74, 6) is 0. The number of rotatable bonds is 4. The molecular formula is C12H16Cl2N3+. The van der Waals surface area contributed by atoms with Crippen LogP contribution >= 0.6 is 23.2 Å². The quantitative estimate of drug-likeness (QED) is 0.592. The molecule has 0 aliphatic rings. The Bertz CT molecular complexity index is 444. The van der Waals surface area contributed by atoms with E-state index in [9.17, 15) is 0 Å². The van der Waals surface area contributed by atoms with Crippen LogP contribution in [0.3, 0.4) is 0 Å². The number of halogens is 2. The zero-order valence-corrected chi connectivity index (χ0v) is 11.8. The Kier molecular flexibility index (Phi) is 5.16. The summed E-state index contributed by atoms with van der Waals surface area (Å²) in [4.78, 5) is 8.16. The Balaban J connectivity index is 2.58. The minimum absolute atomic E-state index is 0.487. The van der Waals surface area contributed by atoms with Gasteiger partial charge >= 0.3 is 0 Å². The number of aliphatic imine (C=N–C) groups is 2. The van der Waals surface area contributed by atoms with Crippen LogP contribution in [0, 0.1) is 0 Å². The largest absolute Gasteiger partial charge is 0.329 e. The van der Waals surface area contributed by atoms with Gasteiger partial charge in [0.15, 0.2) is 0 Å². The molecule has 0 saturated carbocycles. The lowest BCUT2D eigenvalue weighted by atomic mass is 10.3. The summed E-state index contributed by atoms with van der Waals surface area (Å²) in [7, 11) is 6.35. The fourth-order valence-electron chi connectivity index (χ4n) is 1.05. The summed E-state index contributed by atoms with van der Waals surface area (Å²) in [6, 6.07) is 7.83. The van der Waals surface area contributed by atoms with Crippen molar-refractivity contribution < 1.29 is 4.48 Å². The summed E-state index contributed by atoms with van der Waals surface area (Å²) in [6.45, 7) is 1.65. The first-order valence-corrected chi connectivity index (χ1v) is 6.02. The third-order valence-corrected chi connectivity index (χ3v) is 2.77. The second-order valence-electron chi connectivity index (χ2n) is 4.71. The van der Waals surface area contributed by atoms with Crippen molar-refractivity contribution in [2.45, 2.75) is 0 Å². The van der Waals surface area contributed by atoms with Crippen LogP contribution in [0.4, 0.5) is 5.69 Å². The summed E-state index contributed by atoms with van der Waals surface area (Å²) < 4.78 is 0.873. The van der Waals surface area contributed by atoms with Crippen LogP contribution in [0.5, 0.6) is 0 Å². The molecule has 0 unspecified atom stereocenters. The van der Waals surface area contributed by atoms with Gasteiger partial charge in [0.2, 0.25) is 0 Å². The molecule has 0 saturated heterocycles. The topological polar surface area (TPSA) is 24.7 Å². The molecule has 1 aromatic rings. The Labute approximate surface area is 112 Å². The van der Waals surface area contributed by atoms with Crippen LogP contribution in [0.15, 0.2) is 28.2 Å². The number of likely N-dealkylation sites (N-methyl/N-ethyl adjacent to an activating group) is 1. The molecule has 0 aliphatic carbocycles. The van der Waals surface area contributed by atoms with Crippen LogP contribution in [0.25, 0.3) is 0 Å². The summed E-state index contributed by atoms with van der Waals surface area (Å²) in [6.07, 6.45) is 0. The predicted molar refractivity (Wildman–Crippen MR) is 73.8 cm³/mol. The van der Waals surface area contributed by atoms with Crippen molar-refractivity contribution in [3.8, 4) is 0 Å². The minimum Gasteiger partial charge on any atom is -0.329 e. The minimum atomic E-state index is 0.487. The van der Waals surface area contributed by atoms with E-state index < -0.39 is 0 Å². The zero-order valence-electron chi connectivity index (χ0n) is 10.2. The highest BCUT2D eigenvalue weighted by Crippen LogP contribution is 2.26.